The van der Waals surface area contributed by atoms with Crippen LogP contribution in [0, 0.1) is 18.6 Å². The van der Waals surface area contributed by atoms with Crippen molar-refractivity contribution in [3.05, 3.63) is 69.2 Å². The van der Waals surface area contributed by atoms with Crippen molar-refractivity contribution in [3.8, 4) is 0 Å². The summed E-state index contributed by atoms with van der Waals surface area (Å²) in [7, 11) is 0. The van der Waals surface area contributed by atoms with Gasteiger partial charge in [-0.05, 0) is 40.5 Å². The summed E-state index contributed by atoms with van der Waals surface area (Å²) in [6.07, 6.45) is -0.0219. The first-order chi connectivity index (χ1) is 8.99. The minimum atomic E-state index is -0.849. The van der Waals surface area contributed by atoms with Gasteiger partial charge in [0.2, 0.25) is 0 Å². The smallest absolute Gasteiger partial charge is 0.173 e. The number of halogens is 3. The molecule has 2 aromatic carbocycles. The van der Waals surface area contributed by atoms with Crippen molar-refractivity contribution < 1.29 is 13.6 Å². The Morgan fingerprint density at radius 2 is 1.95 bits per heavy atom. The maximum absolute atomic E-state index is 13.8. The molecule has 0 heterocycles. The normalized spacial score (nSPS) is 10.5. The van der Waals surface area contributed by atoms with Gasteiger partial charge >= 0.3 is 0 Å². The van der Waals surface area contributed by atoms with Crippen molar-refractivity contribution >= 4 is 21.7 Å². The fourth-order valence-corrected chi connectivity index (χ4v) is 2.21. The summed E-state index contributed by atoms with van der Waals surface area (Å²) in [5, 5.41) is 0. The van der Waals surface area contributed by atoms with Crippen LogP contribution < -0.4 is 0 Å². The van der Waals surface area contributed by atoms with E-state index in [1.54, 1.807) is 6.07 Å². The Bertz CT molecular complexity index is 638. The van der Waals surface area contributed by atoms with E-state index in [-0.39, 0.29) is 10.9 Å². The Hall–Kier alpha value is -1.55. The largest absolute Gasteiger partial charge is 0.294 e. The quantitative estimate of drug-likeness (QED) is 0.601. The molecule has 0 aliphatic rings. The van der Waals surface area contributed by atoms with E-state index >= 15 is 0 Å². The fourth-order valence-electron chi connectivity index (χ4n) is 1.88. The molecule has 0 bridgehead atoms. The van der Waals surface area contributed by atoms with Gasteiger partial charge in [0.25, 0.3) is 0 Å². The number of carbonyl (C=O) groups excluding carboxylic acids is 1. The Morgan fingerprint density at radius 1 is 1.21 bits per heavy atom. The highest BCUT2D eigenvalue weighted by molar-refractivity contribution is 9.10. The Balaban J connectivity index is 2.33. The molecular weight excluding hydrogens is 314 g/mol. The van der Waals surface area contributed by atoms with E-state index in [2.05, 4.69) is 15.9 Å². The number of aryl methyl sites for hydroxylation is 1. The molecule has 2 aromatic rings. The number of carbonyl (C=O) groups is 1. The number of benzene rings is 2. The van der Waals surface area contributed by atoms with Gasteiger partial charge in [0, 0.05) is 6.42 Å². The second-order valence-corrected chi connectivity index (χ2v) is 5.16. The highest BCUT2D eigenvalue weighted by atomic mass is 79.9. The predicted octanol–water partition coefficient (Wildman–Crippen LogP) is 4.46. The predicted molar refractivity (Wildman–Crippen MR) is 73.3 cm³/mol. The topological polar surface area (TPSA) is 17.1 Å². The first-order valence-corrected chi connectivity index (χ1v) is 6.50. The Kier molecular flexibility index (Phi) is 4.10. The molecule has 0 aromatic heterocycles. The second kappa shape index (κ2) is 5.61. The molecular formula is C15H11BrF2O. The zero-order valence-corrected chi connectivity index (χ0v) is 11.8. The summed E-state index contributed by atoms with van der Waals surface area (Å²) in [5.74, 6) is -2.25. The van der Waals surface area contributed by atoms with Crippen molar-refractivity contribution in [2.75, 3.05) is 0 Å². The Morgan fingerprint density at radius 3 is 2.63 bits per heavy atom. The molecule has 0 aliphatic heterocycles. The molecule has 1 nitrogen and oxygen atoms in total. The van der Waals surface area contributed by atoms with Crippen LogP contribution in [-0.2, 0) is 6.42 Å². The van der Waals surface area contributed by atoms with Crippen LogP contribution in [0.1, 0.15) is 21.5 Å². The number of ketones is 1. The molecule has 0 radical (unpaired) electrons. The summed E-state index contributed by atoms with van der Waals surface area (Å²) in [4.78, 5) is 12.0. The van der Waals surface area contributed by atoms with E-state index in [1.807, 2.05) is 25.1 Å². The summed E-state index contributed by atoms with van der Waals surface area (Å²) in [6.45, 7) is 1.90. The maximum atomic E-state index is 13.8. The third-order valence-corrected chi connectivity index (χ3v) is 3.38. The average molecular weight is 325 g/mol. The zero-order valence-electron chi connectivity index (χ0n) is 10.2. The molecule has 19 heavy (non-hydrogen) atoms. The second-order valence-electron chi connectivity index (χ2n) is 4.31. The SMILES string of the molecule is Cc1cccc(CC(=O)c2c(F)ccc(Br)c2F)c1. The summed E-state index contributed by atoms with van der Waals surface area (Å²) < 4.78 is 27.5. The third-order valence-electron chi connectivity index (χ3n) is 2.77. The molecule has 0 saturated heterocycles. The summed E-state index contributed by atoms with van der Waals surface area (Å²) >= 11 is 2.95. The van der Waals surface area contributed by atoms with Crippen molar-refractivity contribution in [2.24, 2.45) is 0 Å². The van der Waals surface area contributed by atoms with Crippen LogP contribution in [0.15, 0.2) is 40.9 Å². The summed E-state index contributed by atoms with van der Waals surface area (Å²) in [5.41, 5.74) is 1.25. The van der Waals surface area contributed by atoms with E-state index in [4.69, 9.17) is 0 Å². The van der Waals surface area contributed by atoms with Gasteiger partial charge in [0.15, 0.2) is 11.6 Å². The van der Waals surface area contributed by atoms with E-state index in [0.29, 0.717) is 0 Å². The lowest BCUT2D eigenvalue weighted by Crippen LogP contribution is -2.09. The Labute approximate surface area is 118 Å². The molecule has 0 saturated carbocycles. The van der Waals surface area contributed by atoms with Gasteiger partial charge in [0.05, 0.1) is 10.0 Å². The third kappa shape index (κ3) is 3.07. The van der Waals surface area contributed by atoms with E-state index in [0.717, 1.165) is 17.2 Å². The number of hydrogen-bond acceptors (Lipinski definition) is 1. The van der Waals surface area contributed by atoms with Crippen LogP contribution in [-0.4, -0.2) is 5.78 Å². The highest BCUT2D eigenvalue weighted by Crippen LogP contribution is 2.23. The molecule has 4 heteroatoms. The van der Waals surface area contributed by atoms with Crippen molar-refractivity contribution in [3.63, 3.8) is 0 Å². The van der Waals surface area contributed by atoms with Crippen LogP contribution in [0.3, 0.4) is 0 Å². The van der Waals surface area contributed by atoms with Gasteiger partial charge in [-0.1, -0.05) is 29.8 Å². The lowest BCUT2D eigenvalue weighted by Gasteiger charge is -2.06. The first kappa shape index (κ1) is 13.9. The fraction of sp³-hybridized carbons (Fsp3) is 0.133. The van der Waals surface area contributed by atoms with Crippen molar-refractivity contribution in [1.82, 2.24) is 0 Å². The van der Waals surface area contributed by atoms with Gasteiger partial charge < -0.3 is 0 Å². The van der Waals surface area contributed by atoms with Crippen LogP contribution in [0.25, 0.3) is 0 Å². The summed E-state index contributed by atoms with van der Waals surface area (Å²) in [6, 6.07) is 9.62. The van der Waals surface area contributed by atoms with Gasteiger partial charge in [0.1, 0.15) is 5.82 Å². The zero-order chi connectivity index (χ0) is 14.0. The van der Waals surface area contributed by atoms with Gasteiger partial charge in [-0.2, -0.15) is 0 Å². The molecule has 2 rings (SSSR count). The van der Waals surface area contributed by atoms with Crippen molar-refractivity contribution in [2.45, 2.75) is 13.3 Å². The number of rotatable bonds is 3. The maximum Gasteiger partial charge on any atom is 0.173 e. The van der Waals surface area contributed by atoms with Crippen LogP contribution in [0.5, 0.6) is 0 Å². The lowest BCUT2D eigenvalue weighted by molar-refractivity contribution is 0.0984. The molecule has 0 unspecified atom stereocenters. The van der Waals surface area contributed by atoms with Gasteiger partial charge in [-0.3, -0.25) is 4.79 Å². The minimum Gasteiger partial charge on any atom is -0.294 e. The molecule has 0 fully saturated rings. The van der Waals surface area contributed by atoms with Crippen LogP contribution in [0.4, 0.5) is 8.78 Å². The van der Waals surface area contributed by atoms with Crippen LogP contribution in [0.2, 0.25) is 0 Å². The minimum absolute atomic E-state index is 0.0219. The van der Waals surface area contributed by atoms with E-state index in [9.17, 15) is 13.6 Å². The van der Waals surface area contributed by atoms with Crippen molar-refractivity contribution in [1.29, 1.82) is 0 Å². The van der Waals surface area contributed by atoms with Gasteiger partial charge in [-0.25, -0.2) is 8.78 Å². The molecule has 0 atom stereocenters. The molecule has 0 N–H and O–H groups in total. The molecule has 0 aliphatic carbocycles. The van der Waals surface area contributed by atoms with E-state index in [1.165, 1.54) is 6.07 Å². The monoisotopic (exact) mass is 324 g/mol. The molecule has 0 spiro atoms. The highest BCUT2D eigenvalue weighted by Gasteiger charge is 2.19. The first-order valence-electron chi connectivity index (χ1n) is 5.71. The molecule has 0 amide bonds. The molecule has 98 valence electrons. The lowest BCUT2D eigenvalue weighted by atomic mass is 10.0. The van der Waals surface area contributed by atoms with E-state index < -0.39 is 23.0 Å². The standard InChI is InChI=1S/C15H11BrF2O/c1-9-3-2-4-10(7-9)8-13(19)14-12(17)6-5-11(16)15(14)18/h2-7H,8H2,1H3. The van der Waals surface area contributed by atoms with Crippen LogP contribution >= 0.6 is 15.9 Å². The number of hydrogen-bond donors (Lipinski definition) is 0. The van der Waals surface area contributed by atoms with Gasteiger partial charge in [-0.15, -0.1) is 0 Å². The average Bonchev–Trinajstić information content (AvgIpc) is 2.34. The number of Topliss-reactive ketones (excluding diaryl/α,β-unsaturated/α-hetero) is 1.